The van der Waals surface area contributed by atoms with E-state index in [1.165, 1.54) is 23.8 Å². The van der Waals surface area contributed by atoms with Gasteiger partial charge in [0.1, 0.15) is 6.61 Å². The Bertz CT molecular complexity index is 1150. The number of rotatable bonds is 13. The van der Waals surface area contributed by atoms with Crippen LogP contribution in [0.25, 0.3) is 5.57 Å². The minimum absolute atomic E-state index is 0.0509. The van der Waals surface area contributed by atoms with E-state index in [1.807, 2.05) is 0 Å². The minimum Gasteiger partial charge on any atom is -0.416 e. The number of nitrogens with zero attached hydrogens (tertiary/aromatic N) is 4. The van der Waals surface area contributed by atoms with Gasteiger partial charge in [0, 0.05) is 58.8 Å². The average molecular weight is 565 g/mol. The first kappa shape index (κ1) is 30.6. The maximum atomic E-state index is 12.0. The number of hydrogen-bond acceptors (Lipinski definition) is 7. The second-order valence-corrected chi connectivity index (χ2v) is 17.6. The van der Waals surface area contributed by atoms with Gasteiger partial charge in [-0.2, -0.15) is 0 Å². The number of hydrogen-bond donors (Lipinski definition) is 0. The number of carbonyl (C=O) groups excluding carboxylic acids is 1. The van der Waals surface area contributed by atoms with Crippen LogP contribution in [0.15, 0.2) is 42.7 Å². The third-order valence-electron chi connectivity index (χ3n) is 8.96. The molecule has 8 heteroatoms. The molecule has 0 spiro atoms. The quantitative estimate of drug-likeness (QED) is 0.222. The van der Waals surface area contributed by atoms with Crippen LogP contribution in [0.2, 0.25) is 18.1 Å². The number of piperidine rings is 1. The Morgan fingerprint density at radius 2 is 1.80 bits per heavy atom. The van der Waals surface area contributed by atoms with Gasteiger partial charge in [0.05, 0.1) is 5.56 Å². The standard InChI is InChI=1S/C32H48N4O3Si/c1-32(2,3)40(5,6)39-20-19-35(16-15-27-12-11-26-9-7-8-10-29(26)27)23-25-13-17-36(18-14-25)31-33-21-28(22-34-31)30(37)24-38-4/h7-10,12,21-22,25H,11,13-20,23-24H2,1-6H3. The van der Waals surface area contributed by atoms with Crippen molar-refractivity contribution in [1.82, 2.24) is 14.9 Å². The summed E-state index contributed by atoms with van der Waals surface area (Å²) in [5.41, 5.74) is 4.88. The predicted octanol–water partition coefficient (Wildman–Crippen LogP) is 5.88. The number of aromatic nitrogens is 2. The highest BCUT2D eigenvalue weighted by Gasteiger charge is 2.37. The van der Waals surface area contributed by atoms with Gasteiger partial charge in [-0.05, 0) is 66.4 Å². The van der Waals surface area contributed by atoms with Gasteiger partial charge in [-0.25, -0.2) is 9.97 Å². The molecule has 2 aromatic rings. The molecule has 0 amide bonds. The highest BCUT2D eigenvalue weighted by molar-refractivity contribution is 6.74. The van der Waals surface area contributed by atoms with Crippen molar-refractivity contribution in [3.8, 4) is 0 Å². The molecule has 1 aromatic heterocycles. The summed E-state index contributed by atoms with van der Waals surface area (Å²) in [7, 11) is -0.251. The largest absolute Gasteiger partial charge is 0.416 e. The van der Waals surface area contributed by atoms with Gasteiger partial charge in [-0.1, -0.05) is 51.1 Å². The SMILES string of the molecule is COCC(=O)c1cnc(N2CCC(CN(CCO[Si](C)(C)C(C)(C)C)CCC3=CCc4ccccc43)CC2)nc1. The van der Waals surface area contributed by atoms with Gasteiger partial charge in [0.25, 0.3) is 0 Å². The van der Waals surface area contributed by atoms with Gasteiger partial charge >= 0.3 is 0 Å². The molecule has 1 aliphatic carbocycles. The topological polar surface area (TPSA) is 67.8 Å². The molecule has 40 heavy (non-hydrogen) atoms. The lowest BCUT2D eigenvalue weighted by Crippen LogP contribution is -2.44. The lowest BCUT2D eigenvalue weighted by molar-refractivity contribution is 0.0847. The molecule has 0 radical (unpaired) electrons. The van der Waals surface area contributed by atoms with Crippen molar-refractivity contribution in [3.63, 3.8) is 0 Å². The van der Waals surface area contributed by atoms with Crippen LogP contribution in [0.3, 0.4) is 0 Å². The first-order valence-corrected chi connectivity index (χ1v) is 17.7. The van der Waals surface area contributed by atoms with Gasteiger partial charge in [-0.15, -0.1) is 0 Å². The Hall–Kier alpha value is -2.39. The Balaban J connectivity index is 1.33. The summed E-state index contributed by atoms with van der Waals surface area (Å²) in [6.45, 7) is 17.5. The highest BCUT2D eigenvalue weighted by Crippen LogP contribution is 2.36. The maximum Gasteiger partial charge on any atom is 0.225 e. The number of allylic oxidation sites excluding steroid dienone is 1. The second kappa shape index (κ2) is 13.5. The van der Waals surface area contributed by atoms with Crippen molar-refractivity contribution in [3.05, 3.63) is 59.4 Å². The maximum absolute atomic E-state index is 12.0. The number of fused-ring (bicyclic) bond motifs is 1. The highest BCUT2D eigenvalue weighted by atomic mass is 28.4. The van der Waals surface area contributed by atoms with E-state index in [2.05, 4.69) is 84.0 Å². The molecule has 2 aliphatic rings. The van der Waals surface area contributed by atoms with Gasteiger partial charge in [0.15, 0.2) is 14.1 Å². The normalized spacial score (nSPS) is 16.4. The first-order chi connectivity index (χ1) is 19.1. The molecule has 218 valence electrons. The number of ketones is 1. The number of ether oxygens (including phenoxy) is 1. The van der Waals surface area contributed by atoms with Crippen LogP contribution in [-0.4, -0.2) is 82.0 Å². The van der Waals surface area contributed by atoms with E-state index in [4.69, 9.17) is 9.16 Å². The molecule has 1 fully saturated rings. The van der Waals surface area contributed by atoms with Crippen molar-refractivity contribution >= 4 is 25.6 Å². The summed E-state index contributed by atoms with van der Waals surface area (Å²) in [6.07, 6.45) is 10.0. The van der Waals surface area contributed by atoms with Crippen molar-refractivity contribution in [2.24, 2.45) is 5.92 Å². The summed E-state index contributed by atoms with van der Waals surface area (Å²) in [6, 6.07) is 8.83. The zero-order valence-electron chi connectivity index (χ0n) is 25.4. The van der Waals surface area contributed by atoms with Crippen LogP contribution in [0.4, 0.5) is 5.95 Å². The third kappa shape index (κ3) is 7.87. The van der Waals surface area contributed by atoms with Crippen molar-refractivity contribution in [2.75, 3.05) is 57.9 Å². The molecule has 4 rings (SSSR count). The summed E-state index contributed by atoms with van der Waals surface area (Å²) in [4.78, 5) is 25.9. The minimum atomic E-state index is -1.77. The van der Waals surface area contributed by atoms with Crippen LogP contribution in [0.1, 0.15) is 61.5 Å². The van der Waals surface area contributed by atoms with Crippen molar-refractivity contribution in [1.29, 1.82) is 0 Å². The number of methoxy groups -OCH3 is 1. The van der Waals surface area contributed by atoms with E-state index in [9.17, 15) is 4.79 Å². The van der Waals surface area contributed by atoms with E-state index in [0.29, 0.717) is 17.4 Å². The average Bonchev–Trinajstić information content (AvgIpc) is 3.35. The van der Waals surface area contributed by atoms with E-state index in [-0.39, 0.29) is 17.4 Å². The number of Topliss-reactive ketones (excluding diaryl/α,β-unsaturated/α-hetero) is 1. The molecule has 0 unspecified atom stereocenters. The van der Waals surface area contributed by atoms with Crippen LogP contribution in [0, 0.1) is 5.92 Å². The third-order valence-corrected chi connectivity index (χ3v) is 13.5. The van der Waals surface area contributed by atoms with Crippen LogP contribution >= 0.6 is 0 Å². The molecular formula is C32H48N4O3Si. The molecule has 1 saturated heterocycles. The summed E-state index contributed by atoms with van der Waals surface area (Å²) >= 11 is 0. The van der Waals surface area contributed by atoms with Gasteiger partial charge in [-0.3, -0.25) is 4.79 Å². The number of carbonyl (C=O) groups is 1. The Labute approximate surface area is 242 Å². The van der Waals surface area contributed by atoms with Crippen LogP contribution in [0.5, 0.6) is 0 Å². The monoisotopic (exact) mass is 564 g/mol. The molecule has 0 bridgehead atoms. The zero-order chi connectivity index (χ0) is 28.8. The fourth-order valence-corrected chi connectivity index (χ4v) is 6.37. The molecule has 7 nitrogen and oxygen atoms in total. The van der Waals surface area contributed by atoms with Gasteiger partial charge in [0.2, 0.25) is 5.95 Å². The summed E-state index contributed by atoms with van der Waals surface area (Å²) < 4.78 is 11.5. The number of anilines is 1. The predicted molar refractivity (Wildman–Crippen MR) is 166 cm³/mol. The Morgan fingerprint density at radius 3 is 2.48 bits per heavy atom. The lowest BCUT2D eigenvalue weighted by atomic mass is 9.96. The smallest absolute Gasteiger partial charge is 0.225 e. The lowest BCUT2D eigenvalue weighted by Gasteiger charge is -2.38. The molecule has 1 aromatic carbocycles. The molecule has 0 atom stereocenters. The van der Waals surface area contributed by atoms with Crippen molar-refractivity contribution < 1.29 is 14.0 Å². The molecule has 1 aliphatic heterocycles. The Morgan fingerprint density at radius 1 is 1.10 bits per heavy atom. The molecule has 0 N–H and O–H groups in total. The van der Waals surface area contributed by atoms with Crippen LogP contribution in [-0.2, 0) is 15.6 Å². The zero-order valence-corrected chi connectivity index (χ0v) is 26.4. The fourth-order valence-electron chi connectivity index (χ4n) is 5.33. The van der Waals surface area contributed by atoms with E-state index in [1.54, 1.807) is 12.4 Å². The van der Waals surface area contributed by atoms with E-state index in [0.717, 1.165) is 65.0 Å². The summed E-state index contributed by atoms with van der Waals surface area (Å²) in [5.74, 6) is 1.25. The molecule has 0 saturated carbocycles. The second-order valence-electron chi connectivity index (χ2n) is 12.8. The number of benzene rings is 1. The first-order valence-electron chi connectivity index (χ1n) is 14.8. The van der Waals surface area contributed by atoms with Gasteiger partial charge < -0.3 is 19.0 Å². The molecular weight excluding hydrogens is 516 g/mol. The molecule has 2 heterocycles. The fraction of sp³-hybridized carbons (Fsp3) is 0.594. The Kier molecular flexibility index (Phi) is 10.3. The summed E-state index contributed by atoms with van der Waals surface area (Å²) in [5, 5.41) is 0.223. The van der Waals surface area contributed by atoms with E-state index < -0.39 is 8.32 Å². The van der Waals surface area contributed by atoms with E-state index >= 15 is 0 Å². The van der Waals surface area contributed by atoms with Crippen LogP contribution < -0.4 is 4.90 Å². The van der Waals surface area contributed by atoms with Crippen molar-refractivity contribution in [2.45, 2.75) is 64.6 Å².